The van der Waals surface area contributed by atoms with Crippen LogP contribution in [0.1, 0.15) is 11.5 Å². The van der Waals surface area contributed by atoms with Crippen molar-refractivity contribution in [2.24, 2.45) is 0 Å². The van der Waals surface area contributed by atoms with Crippen LogP contribution >= 0.6 is 0 Å². The minimum absolute atomic E-state index is 0.0559. The molecule has 1 heterocycles. The van der Waals surface area contributed by atoms with Crippen molar-refractivity contribution in [2.75, 3.05) is 19.3 Å². The van der Waals surface area contributed by atoms with Gasteiger partial charge in [-0.3, -0.25) is 0 Å². The van der Waals surface area contributed by atoms with E-state index in [1.165, 1.54) is 0 Å². The summed E-state index contributed by atoms with van der Waals surface area (Å²) >= 11 is 0. The summed E-state index contributed by atoms with van der Waals surface area (Å²) in [5, 5.41) is 6.45. The SMILES string of the molecule is CNCCS(=O)(=O)NCc1cc(C)on1. The number of aryl methyl sites for hydroxylation is 1. The summed E-state index contributed by atoms with van der Waals surface area (Å²) in [6, 6.07) is 1.70. The summed E-state index contributed by atoms with van der Waals surface area (Å²) in [5.41, 5.74) is 0.584. The molecule has 0 saturated heterocycles. The normalized spacial score (nSPS) is 11.9. The lowest BCUT2D eigenvalue weighted by Gasteiger charge is -2.03. The second kappa shape index (κ2) is 5.24. The fourth-order valence-electron chi connectivity index (χ4n) is 0.994. The maximum Gasteiger partial charge on any atom is 0.213 e. The van der Waals surface area contributed by atoms with E-state index in [1.54, 1.807) is 20.0 Å². The van der Waals surface area contributed by atoms with Gasteiger partial charge in [0, 0.05) is 12.6 Å². The second-order valence-corrected chi connectivity index (χ2v) is 5.10. The Morgan fingerprint density at radius 3 is 2.80 bits per heavy atom. The van der Waals surface area contributed by atoms with Crippen LogP contribution in [0.4, 0.5) is 0 Å². The Hall–Kier alpha value is -0.920. The Balaban J connectivity index is 2.42. The molecule has 0 radical (unpaired) electrons. The fraction of sp³-hybridized carbons (Fsp3) is 0.625. The lowest BCUT2D eigenvalue weighted by molar-refractivity contribution is 0.390. The van der Waals surface area contributed by atoms with Crippen molar-refractivity contribution in [3.63, 3.8) is 0 Å². The summed E-state index contributed by atoms with van der Waals surface area (Å²) in [5.74, 6) is 0.722. The molecule has 1 rings (SSSR count). The van der Waals surface area contributed by atoms with Crippen molar-refractivity contribution in [3.05, 3.63) is 17.5 Å². The Morgan fingerprint density at radius 2 is 2.27 bits per heavy atom. The largest absolute Gasteiger partial charge is 0.361 e. The predicted octanol–water partition coefficient (Wildman–Crippen LogP) is -0.378. The maximum atomic E-state index is 11.4. The molecule has 0 aliphatic rings. The molecule has 0 atom stereocenters. The summed E-state index contributed by atoms with van der Waals surface area (Å²) in [6.07, 6.45) is 0. The van der Waals surface area contributed by atoms with E-state index in [1.807, 2.05) is 0 Å². The highest BCUT2D eigenvalue weighted by molar-refractivity contribution is 7.89. The molecule has 0 unspecified atom stereocenters. The van der Waals surface area contributed by atoms with Gasteiger partial charge >= 0.3 is 0 Å². The van der Waals surface area contributed by atoms with Crippen LogP contribution in [-0.2, 0) is 16.6 Å². The van der Waals surface area contributed by atoms with Gasteiger partial charge < -0.3 is 9.84 Å². The summed E-state index contributed by atoms with van der Waals surface area (Å²) in [7, 11) is -1.52. The monoisotopic (exact) mass is 233 g/mol. The first-order valence-electron chi connectivity index (χ1n) is 4.57. The van der Waals surface area contributed by atoms with Gasteiger partial charge in [-0.15, -0.1) is 0 Å². The number of hydrogen-bond donors (Lipinski definition) is 2. The highest BCUT2D eigenvalue weighted by Gasteiger charge is 2.10. The van der Waals surface area contributed by atoms with Crippen molar-refractivity contribution < 1.29 is 12.9 Å². The smallest absolute Gasteiger partial charge is 0.213 e. The Labute approximate surface area is 89.1 Å². The highest BCUT2D eigenvalue weighted by Crippen LogP contribution is 2.01. The minimum Gasteiger partial charge on any atom is -0.361 e. The van der Waals surface area contributed by atoms with Gasteiger partial charge in [-0.25, -0.2) is 13.1 Å². The summed E-state index contributed by atoms with van der Waals surface area (Å²) in [4.78, 5) is 0. The zero-order valence-electron chi connectivity index (χ0n) is 8.78. The van der Waals surface area contributed by atoms with Gasteiger partial charge in [0.2, 0.25) is 10.0 Å². The summed E-state index contributed by atoms with van der Waals surface area (Å²) < 4.78 is 30.0. The molecule has 1 aromatic heterocycles. The third-order valence-electron chi connectivity index (χ3n) is 1.77. The molecule has 0 amide bonds. The van der Waals surface area contributed by atoms with Crippen LogP contribution in [0.25, 0.3) is 0 Å². The average Bonchev–Trinajstić information content (AvgIpc) is 2.59. The second-order valence-electron chi connectivity index (χ2n) is 3.17. The van der Waals surface area contributed by atoms with Crippen molar-refractivity contribution in [1.82, 2.24) is 15.2 Å². The van der Waals surface area contributed by atoms with Crippen LogP contribution in [0.3, 0.4) is 0 Å². The number of sulfonamides is 1. The molecule has 86 valence electrons. The van der Waals surface area contributed by atoms with E-state index in [-0.39, 0.29) is 12.3 Å². The van der Waals surface area contributed by atoms with Gasteiger partial charge in [-0.2, -0.15) is 0 Å². The van der Waals surface area contributed by atoms with E-state index >= 15 is 0 Å². The number of hydrogen-bond acceptors (Lipinski definition) is 5. The zero-order chi connectivity index (χ0) is 11.3. The summed E-state index contributed by atoms with van der Waals surface area (Å²) in [6.45, 7) is 2.35. The molecular weight excluding hydrogens is 218 g/mol. The lowest BCUT2D eigenvalue weighted by Crippen LogP contribution is -2.30. The van der Waals surface area contributed by atoms with Crippen LogP contribution < -0.4 is 10.0 Å². The molecule has 0 aromatic carbocycles. The Bertz CT molecular complexity index is 399. The van der Waals surface area contributed by atoms with Crippen LogP contribution in [0.5, 0.6) is 0 Å². The van der Waals surface area contributed by atoms with Crippen LogP contribution in [-0.4, -0.2) is 32.9 Å². The topological polar surface area (TPSA) is 84.2 Å². The molecule has 6 nitrogen and oxygen atoms in total. The van der Waals surface area contributed by atoms with Crippen molar-refractivity contribution in [2.45, 2.75) is 13.5 Å². The first kappa shape index (κ1) is 12.2. The molecule has 0 aliphatic heterocycles. The number of nitrogens with zero attached hydrogens (tertiary/aromatic N) is 1. The van der Waals surface area contributed by atoms with Crippen molar-refractivity contribution >= 4 is 10.0 Å². The third kappa shape index (κ3) is 4.41. The maximum absolute atomic E-state index is 11.4. The lowest BCUT2D eigenvalue weighted by atomic mass is 10.4. The number of nitrogens with one attached hydrogen (secondary N) is 2. The molecule has 2 N–H and O–H groups in total. The van der Waals surface area contributed by atoms with Crippen LogP contribution in [0.15, 0.2) is 10.6 Å². The first-order valence-corrected chi connectivity index (χ1v) is 6.23. The molecule has 0 saturated carbocycles. The number of aromatic nitrogens is 1. The van der Waals surface area contributed by atoms with E-state index < -0.39 is 10.0 Å². The average molecular weight is 233 g/mol. The fourth-order valence-corrected chi connectivity index (χ4v) is 1.98. The van der Waals surface area contributed by atoms with Gasteiger partial charge in [-0.1, -0.05) is 5.16 Å². The van der Waals surface area contributed by atoms with Crippen molar-refractivity contribution in [3.8, 4) is 0 Å². The molecule has 0 fully saturated rings. The van der Waals surface area contributed by atoms with Gasteiger partial charge in [0.25, 0.3) is 0 Å². The van der Waals surface area contributed by atoms with E-state index in [4.69, 9.17) is 4.52 Å². The Morgan fingerprint density at radius 1 is 1.53 bits per heavy atom. The Kier molecular flexibility index (Phi) is 4.25. The molecule has 1 aromatic rings. The molecular formula is C8H15N3O3S. The molecule has 7 heteroatoms. The standard InChI is InChI=1S/C8H15N3O3S/c1-7-5-8(11-14-7)6-10-15(12,13)4-3-9-2/h5,9-10H,3-4,6H2,1-2H3. The first-order chi connectivity index (χ1) is 7.03. The van der Waals surface area contributed by atoms with Crippen LogP contribution in [0, 0.1) is 6.92 Å². The molecule has 0 bridgehead atoms. The van der Waals surface area contributed by atoms with Gasteiger partial charge in [0.1, 0.15) is 5.76 Å². The quantitative estimate of drug-likeness (QED) is 0.700. The third-order valence-corrected chi connectivity index (χ3v) is 3.10. The molecule has 0 aliphatic carbocycles. The van der Waals surface area contributed by atoms with E-state index in [0.29, 0.717) is 18.0 Å². The zero-order valence-corrected chi connectivity index (χ0v) is 9.60. The van der Waals surface area contributed by atoms with Gasteiger partial charge in [-0.05, 0) is 14.0 Å². The van der Waals surface area contributed by atoms with Crippen molar-refractivity contribution in [1.29, 1.82) is 0 Å². The van der Waals surface area contributed by atoms with E-state index in [9.17, 15) is 8.42 Å². The van der Waals surface area contributed by atoms with Gasteiger partial charge in [0.05, 0.1) is 18.0 Å². The van der Waals surface area contributed by atoms with E-state index in [2.05, 4.69) is 15.2 Å². The van der Waals surface area contributed by atoms with Gasteiger partial charge in [0.15, 0.2) is 0 Å². The molecule has 0 spiro atoms. The van der Waals surface area contributed by atoms with E-state index in [0.717, 1.165) is 0 Å². The predicted molar refractivity (Wildman–Crippen MR) is 55.8 cm³/mol. The minimum atomic E-state index is -3.23. The highest BCUT2D eigenvalue weighted by atomic mass is 32.2. The number of rotatable bonds is 6. The van der Waals surface area contributed by atoms with Crippen LogP contribution in [0.2, 0.25) is 0 Å². The molecule has 15 heavy (non-hydrogen) atoms.